The third-order valence-corrected chi connectivity index (χ3v) is 4.86. The van der Waals surface area contributed by atoms with Crippen LogP contribution in [0.15, 0.2) is 0 Å². The number of sulfone groups is 1. The molecular weight excluding hydrogens is 234 g/mol. The van der Waals surface area contributed by atoms with Gasteiger partial charge in [-0.15, -0.1) is 0 Å². The maximum absolute atomic E-state index is 11.7. The molecule has 0 saturated carbocycles. The van der Waals surface area contributed by atoms with E-state index in [4.69, 9.17) is 5.11 Å². The Kier molecular flexibility index (Phi) is 4.48. The van der Waals surface area contributed by atoms with Crippen LogP contribution in [0.4, 0.5) is 0 Å². The summed E-state index contributed by atoms with van der Waals surface area (Å²) in [6, 6.07) is 0. The number of hydrogen-bond donors (Lipinski definition) is 1. The van der Waals surface area contributed by atoms with Gasteiger partial charge in [0.25, 0.3) is 0 Å². The zero-order chi connectivity index (χ0) is 13.1. The fourth-order valence-electron chi connectivity index (χ4n) is 0.763. The Morgan fingerprint density at radius 2 is 1.75 bits per heavy atom. The molecule has 0 saturated heterocycles. The van der Waals surface area contributed by atoms with Crippen LogP contribution in [0.3, 0.4) is 0 Å². The average molecular weight is 251 g/mol. The van der Waals surface area contributed by atoms with Crippen molar-refractivity contribution >= 4 is 21.7 Å². The molecule has 1 N–H and O–H groups in total. The number of aliphatic carboxylic acids is 1. The summed E-state index contributed by atoms with van der Waals surface area (Å²) in [6.07, 6.45) is 0. The molecule has 0 bridgehead atoms. The minimum atomic E-state index is -4.00. The summed E-state index contributed by atoms with van der Waals surface area (Å²) in [5.74, 6) is -2.84. The molecular formula is C9H17NO5S. The van der Waals surface area contributed by atoms with Crippen molar-refractivity contribution in [2.24, 2.45) is 0 Å². The highest BCUT2D eigenvalue weighted by Gasteiger charge is 2.43. The SMILES string of the molecule is CCN(C)C(=O)CS(=O)(=O)C(C)(C)C(=O)O. The van der Waals surface area contributed by atoms with E-state index in [-0.39, 0.29) is 0 Å². The van der Waals surface area contributed by atoms with Crippen molar-refractivity contribution in [1.29, 1.82) is 0 Å². The third kappa shape index (κ3) is 2.94. The van der Waals surface area contributed by atoms with E-state index >= 15 is 0 Å². The van der Waals surface area contributed by atoms with Gasteiger partial charge in [0.1, 0.15) is 5.75 Å². The topological polar surface area (TPSA) is 91.8 Å². The van der Waals surface area contributed by atoms with Crippen molar-refractivity contribution < 1.29 is 23.1 Å². The van der Waals surface area contributed by atoms with Gasteiger partial charge in [0.15, 0.2) is 14.6 Å². The Hall–Kier alpha value is -1.11. The van der Waals surface area contributed by atoms with E-state index in [9.17, 15) is 18.0 Å². The van der Waals surface area contributed by atoms with E-state index in [0.717, 1.165) is 13.8 Å². The molecule has 0 heterocycles. The number of amides is 1. The molecule has 1 amide bonds. The smallest absolute Gasteiger partial charge is 0.324 e. The van der Waals surface area contributed by atoms with Crippen LogP contribution in [0.2, 0.25) is 0 Å². The Bertz CT molecular complexity index is 385. The van der Waals surface area contributed by atoms with E-state index in [0.29, 0.717) is 6.54 Å². The van der Waals surface area contributed by atoms with Crippen LogP contribution in [-0.4, -0.2) is 54.4 Å². The zero-order valence-corrected chi connectivity index (χ0v) is 10.7. The highest BCUT2D eigenvalue weighted by molar-refractivity contribution is 7.94. The zero-order valence-electron chi connectivity index (χ0n) is 9.85. The highest BCUT2D eigenvalue weighted by atomic mass is 32.2. The highest BCUT2D eigenvalue weighted by Crippen LogP contribution is 2.17. The lowest BCUT2D eigenvalue weighted by molar-refractivity contribution is -0.139. The first-order chi connectivity index (χ1) is 7.06. The quantitative estimate of drug-likeness (QED) is 0.727. The first-order valence-corrected chi connectivity index (χ1v) is 6.41. The van der Waals surface area contributed by atoms with Gasteiger partial charge in [-0.25, -0.2) is 8.42 Å². The van der Waals surface area contributed by atoms with Gasteiger partial charge in [-0.05, 0) is 20.8 Å². The molecule has 16 heavy (non-hydrogen) atoms. The van der Waals surface area contributed by atoms with Crippen LogP contribution in [-0.2, 0) is 19.4 Å². The maximum Gasteiger partial charge on any atom is 0.324 e. The molecule has 0 aromatic carbocycles. The van der Waals surface area contributed by atoms with Crippen LogP contribution >= 0.6 is 0 Å². The molecule has 94 valence electrons. The second kappa shape index (κ2) is 4.82. The second-order valence-electron chi connectivity index (χ2n) is 3.98. The normalized spacial score (nSPS) is 12.2. The first kappa shape index (κ1) is 14.9. The molecule has 0 radical (unpaired) electrons. The van der Waals surface area contributed by atoms with Crippen molar-refractivity contribution in [3.63, 3.8) is 0 Å². The average Bonchev–Trinajstić information content (AvgIpc) is 2.15. The summed E-state index contributed by atoms with van der Waals surface area (Å²) in [5, 5.41) is 8.78. The number of carbonyl (C=O) groups excluding carboxylic acids is 1. The molecule has 6 nitrogen and oxygen atoms in total. The predicted molar refractivity (Wildman–Crippen MR) is 58.8 cm³/mol. The summed E-state index contributed by atoms with van der Waals surface area (Å²) < 4.78 is 21.4. The van der Waals surface area contributed by atoms with Crippen LogP contribution in [0.1, 0.15) is 20.8 Å². The van der Waals surface area contributed by atoms with Gasteiger partial charge >= 0.3 is 5.97 Å². The largest absolute Gasteiger partial charge is 0.480 e. The number of hydrogen-bond acceptors (Lipinski definition) is 4. The van der Waals surface area contributed by atoms with E-state index < -0.39 is 32.2 Å². The molecule has 7 heteroatoms. The van der Waals surface area contributed by atoms with Crippen LogP contribution in [0.25, 0.3) is 0 Å². The van der Waals surface area contributed by atoms with Gasteiger partial charge in [0, 0.05) is 13.6 Å². The van der Waals surface area contributed by atoms with Crippen LogP contribution < -0.4 is 0 Å². The Morgan fingerprint density at radius 1 is 1.31 bits per heavy atom. The molecule has 0 unspecified atom stereocenters. The van der Waals surface area contributed by atoms with E-state index in [1.807, 2.05) is 0 Å². The Labute approximate surface area is 95.2 Å². The molecule has 0 aliphatic rings. The van der Waals surface area contributed by atoms with Gasteiger partial charge in [0.2, 0.25) is 5.91 Å². The van der Waals surface area contributed by atoms with Gasteiger partial charge < -0.3 is 10.0 Å². The molecule has 0 rings (SSSR count). The lowest BCUT2D eigenvalue weighted by atomic mass is 10.2. The Morgan fingerprint density at radius 3 is 2.06 bits per heavy atom. The van der Waals surface area contributed by atoms with E-state index in [2.05, 4.69) is 0 Å². The summed E-state index contributed by atoms with van der Waals surface area (Å²) >= 11 is 0. The number of rotatable bonds is 5. The molecule has 0 atom stereocenters. The van der Waals surface area contributed by atoms with Gasteiger partial charge in [-0.3, -0.25) is 9.59 Å². The van der Waals surface area contributed by atoms with Crippen molar-refractivity contribution in [2.75, 3.05) is 19.3 Å². The first-order valence-electron chi connectivity index (χ1n) is 4.76. The Balaban J connectivity index is 4.99. The van der Waals surface area contributed by atoms with Gasteiger partial charge in [-0.2, -0.15) is 0 Å². The fourth-order valence-corrected chi connectivity index (χ4v) is 1.93. The van der Waals surface area contributed by atoms with Crippen molar-refractivity contribution in [3.8, 4) is 0 Å². The summed E-state index contributed by atoms with van der Waals surface area (Å²) in [4.78, 5) is 23.4. The molecule has 0 fully saturated rings. The van der Waals surface area contributed by atoms with Gasteiger partial charge in [-0.1, -0.05) is 0 Å². The lowest BCUT2D eigenvalue weighted by Gasteiger charge is -2.21. The summed E-state index contributed by atoms with van der Waals surface area (Å²) in [6.45, 7) is 4.22. The monoisotopic (exact) mass is 251 g/mol. The van der Waals surface area contributed by atoms with E-state index in [1.54, 1.807) is 6.92 Å². The minimum absolute atomic E-state index is 0.377. The minimum Gasteiger partial charge on any atom is -0.480 e. The van der Waals surface area contributed by atoms with Crippen molar-refractivity contribution in [1.82, 2.24) is 4.90 Å². The van der Waals surface area contributed by atoms with Crippen molar-refractivity contribution in [3.05, 3.63) is 0 Å². The lowest BCUT2D eigenvalue weighted by Crippen LogP contribution is -2.45. The number of carbonyl (C=O) groups is 2. The second-order valence-corrected chi connectivity index (χ2v) is 6.52. The molecule has 0 aliphatic carbocycles. The fraction of sp³-hybridized carbons (Fsp3) is 0.778. The summed E-state index contributed by atoms with van der Waals surface area (Å²) in [7, 11) is -2.54. The molecule has 0 aromatic rings. The predicted octanol–water partition coefficient (Wildman–Crippen LogP) is -0.257. The number of carboxylic acids is 1. The van der Waals surface area contributed by atoms with Crippen molar-refractivity contribution in [2.45, 2.75) is 25.5 Å². The van der Waals surface area contributed by atoms with E-state index in [1.165, 1.54) is 11.9 Å². The summed E-state index contributed by atoms with van der Waals surface area (Å²) in [5.41, 5.74) is 0. The molecule has 0 spiro atoms. The molecule has 0 aliphatic heterocycles. The van der Waals surface area contributed by atoms with Gasteiger partial charge in [0.05, 0.1) is 0 Å². The number of carboxylic acid groups (broad SMARTS) is 1. The van der Waals surface area contributed by atoms with Crippen LogP contribution in [0.5, 0.6) is 0 Å². The van der Waals surface area contributed by atoms with Crippen LogP contribution in [0, 0.1) is 0 Å². The third-order valence-electron chi connectivity index (χ3n) is 2.51. The standard InChI is InChI=1S/C9H17NO5S/c1-5-10(4)7(11)6-16(14,15)9(2,3)8(12)13/h5-6H2,1-4H3,(H,12,13). The molecule has 0 aromatic heterocycles. The maximum atomic E-state index is 11.7. The number of nitrogens with zero attached hydrogens (tertiary/aromatic N) is 1.